The first-order valence-electron chi connectivity index (χ1n) is 5.87. The van der Waals surface area contributed by atoms with Gasteiger partial charge in [0.2, 0.25) is 0 Å². The van der Waals surface area contributed by atoms with Crippen molar-refractivity contribution in [3.8, 4) is 0 Å². The van der Waals surface area contributed by atoms with Crippen LogP contribution in [0.25, 0.3) is 0 Å². The molecule has 1 aromatic carbocycles. The average molecular weight is 250 g/mol. The Bertz CT molecular complexity index is 455. The molecule has 0 spiro atoms. The van der Waals surface area contributed by atoms with Gasteiger partial charge in [-0.1, -0.05) is 18.9 Å². The molecule has 1 aliphatic rings. The Hall–Kier alpha value is -1.95. The van der Waals surface area contributed by atoms with E-state index < -0.39 is 10.8 Å². The van der Waals surface area contributed by atoms with E-state index in [1.807, 2.05) is 0 Å². The van der Waals surface area contributed by atoms with Crippen molar-refractivity contribution in [2.75, 3.05) is 0 Å². The molecule has 6 heteroatoms. The highest BCUT2D eigenvalue weighted by Crippen LogP contribution is 2.20. The molecule has 18 heavy (non-hydrogen) atoms. The maximum atomic E-state index is 11.7. The highest BCUT2D eigenvalue weighted by molar-refractivity contribution is 5.94. The number of amides is 1. The lowest BCUT2D eigenvalue weighted by atomic mass is 10.2. The average Bonchev–Trinajstić information content (AvgIpc) is 2.89. The third-order valence-corrected chi connectivity index (χ3v) is 2.94. The van der Waals surface area contributed by atoms with Crippen molar-refractivity contribution in [3.05, 3.63) is 39.9 Å². The van der Waals surface area contributed by atoms with Crippen molar-refractivity contribution in [2.45, 2.75) is 31.8 Å². The van der Waals surface area contributed by atoms with Gasteiger partial charge in [0.15, 0.2) is 0 Å². The molecule has 0 bridgehead atoms. The van der Waals surface area contributed by atoms with Crippen LogP contribution in [-0.4, -0.2) is 16.9 Å². The smallest absolute Gasteiger partial charge is 0.270 e. The Morgan fingerprint density at radius 3 is 2.78 bits per heavy atom. The van der Waals surface area contributed by atoms with Crippen LogP contribution in [0.3, 0.4) is 0 Å². The number of nitro groups is 1. The second-order valence-electron chi connectivity index (χ2n) is 4.26. The molecule has 0 aromatic heterocycles. The lowest BCUT2D eigenvalue weighted by Crippen LogP contribution is -2.28. The van der Waals surface area contributed by atoms with Crippen molar-refractivity contribution in [3.63, 3.8) is 0 Å². The summed E-state index contributed by atoms with van der Waals surface area (Å²) in [5.41, 5.74) is 2.46. The van der Waals surface area contributed by atoms with Gasteiger partial charge in [-0.15, -0.1) is 0 Å². The van der Waals surface area contributed by atoms with Crippen LogP contribution in [0.1, 0.15) is 36.0 Å². The maximum Gasteiger partial charge on any atom is 0.275 e. The summed E-state index contributed by atoms with van der Waals surface area (Å²) in [6.45, 7) is 0. The van der Waals surface area contributed by atoms with Gasteiger partial charge in [-0.2, -0.15) is 0 Å². The van der Waals surface area contributed by atoms with Gasteiger partial charge in [-0.05, 0) is 18.9 Å². The van der Waals surface area contributed by atoms with E-state index in [4.69, 9.17) is 4.84 Å². The van der Waals surface area contributed by atoms with E-state index in [1.165, 1.54) is 24.3 Å². The minimum atomic E-state index is -0.533. The number of carbonyl (C=O) groups is 1. The van der Waals surface area contributed by atoms with Crippen LogP contribution < -0.4 is 5.48 Å². The number of nitrogens with one attached hydrogen (secondary N) is 1. The Morgan fingerprint density at radius 2 is 2.11 bits per heavy atom. The zero-order valence-corrected chi connectivity index (χ0v) is 9.80. The van der Waals surface area contributed by atoms with Crippen LogP contribution in [0, 0.1) is 10.1 Å². The summed E-state index contributed by atoms with van der Waals surface area (Å²) in [5, 5.41) is 10.6. The maximum absolute atomic E-state index is 11.7. The summed E-state index contributed by atoms with van der Waals surface area (Å²) < 4.78 is 0. The van der Waals surface area contributed by atoms with Gasteiger partial charge in [0.1, 0.15) is 0 Å². The lowest BCUT2D eigenvalue weighted by Gasteiger charge is -2.11. The number of hydrogen-bond donors (Lipinski definition) is 1. The Balaban J connectivity index is 1.95. The number of hydrogen-bond acceptors (Lipinski definition) is 4. The monoisotopic (exact) mass is 250 g/mol. The lowest BCUT2D eigenvalue weighted by molar-refractivity contribution is -0.384. The van der Waals surface area contributed by atoms with Gasteiger partial charge in [-0.3, -0.25) is 19.7 Å². The molecule has 2 rings (SSSR count). The summed E-state index contributed by atoms with van der Waals surface area (Å²) in [4.78, 5) is 27.0. The molecule has 1 aromatic rings. The topological polar surface area (TPSA) is 81.5 Å². The molecular formula is C12H14N2O4. The summed E-state index contributed by atoms with van der Waals surface area (Å²) in [5.74, 6) is -0.453. The third kappa shape index (κ3) is 3.04. The zero-order chi connectivity index (χ0) is 13.0. The quantitative estimate of drug-likeness (QED) is 0.656. The fourth-order valence-corrected chi connectivity index (χ4v) is 1.96. The molecule has 0 unspecified atom stereocenters. The molecule has 1 amide bonds. The van der Waals surface area contributed by atoms with Gasteiger partial charge in [0.05, 0.1) is 11.0 Å². The number of carbonyl (C=O) groups excluding carboxylic acids is 1. The normalized spacial score (nSPS) is 15.6. The molecule has 0 saturated heterocycles. The molecule has 0 radical (unpaired) electrons. The van der Waals surface area contributed by atoms with Crippen LogP contribution >= 0.6 is 0 Å². The van der Waals surface area contributed by atoms with Gasteiger partial charge in [-0.25, -0.2) is 5.48 Å². The number of hydroxylamine groups is 1. The van der Waals surface area contributed by atoms with Gasteiger partial charge >= 0.3 is 0 Å². The molecule has 0 aliphatic heterocycles. The van der Waals surface area contributed by atoms with E-state index >= 15 is 0 Å². The number of nitrogens with zero attached hydrogens (tertiary/aromatic N) is 1. The second kappa shape index (κ2) is 5.59. The first-order valence-corrected chi connectivity index (χ1v) is 5.87. The molecular weight excluding hydrogens is 236 g/mol. The largest absolute Gasteiger partial charge is 0.275 e. The molecule has 1 aliphatic carbocycles. The van der Waals surface area contributed by atoms with E-state index in [0.717, 1.165) is 25.7 Å². The fourth-order valence-electron chi connectivity index (χ4n) is 1.96. The predicted molar refractivity (Wildman–Crippen MR) is 63.9 cm³/mol. The van der Waals surface area contributed by atoms with Crippen molar-refractivity contribution in [1.29, 1.82) is 0 Å². The predicted octanol–water partition coefficient (Wildman–Crippen LogP) is 2.20. The number of non-ortho nitro benzene ring substituents is 1. The Morgan fingerprint density at radius 1 is 1.39 bits per heavy atom. The van der Waals surface area contributed by atoms with Crippen LogP contribution in [-0.2, 0) is 4.84 Å². The minimum absolute atomic E-state index is 0.0626. The summed E-state index contributed by atoms with van der Waals surface area (Å²) in [6.07, 6.45) is 4.16. The zero-order valence-electron chi connectivity index (χ0n) is 9.80. The number of benzene rings is 1. The van der Waals surface area contributed by atoms with E-state index in [1.54, 1.807) is 0 Å². The molecule has 6 nitrogen and oxygen atoms in total. The fraction of sp³-hybridized carbons (Fsp3) is 0.417. The number of nitro benzene ring substituents is 1. The highest BCUT2D eigenvalue weighted by Gasteiger charge is 2.18. The molecule has 1 saturated carbocycles. The van der Waals surface area contributed by atoms with Crippen molar-refractivity contribution < 1.29 is 14.6 Å². The van der Waals surface area contributed by atoms with E-state index in [-0.39, 0.29) is 17.4 Å². The minimum Gasteiger partial charge on any atom is -0.270 e. The van der Waals surface area contributed by atoms with Gasteiger partial charge in [0.25, 0.3) is 11.6 Å². The molecule has 0 heterocycles. The van der Waals surface area contributed by atoms with Gasteiger partial charge in [0, 0.05) is 17.7 Å². The van der Waals surface area contributed by atoms with Crippen molar-refractivity contribution in [2.24, 2.45) is 0 Å². The Labute approximate surface area is 104 Å². The van der Waals surface area contributed by atoms with E-state index in [2.05, 4.69) is 5.48 Å². The summed E-state index contributed by atoms with van der Waals surface area (Å²) >= 11 is 0. The van der Waals surface area contributed by atoms with Crippen molar-refractivity contribution in [1.82, 2.24) is 5.48 Å². The van der Waals surface area contributed by atoms with Crippen LogP contribution in [0.4, 0.5) is 5.69 Å². The standard InChI is InChI=1S/C12H14N2O4/c15-12(13-18-11-6-1-2-7-11)9-4-3-5-10(8-9)14(16)17/h3-5,8,11H,1-2,6-7H2,(H,13,15). The van der Waals surface area contributed by atoms with Crippen LogP contribution in [0.5, 0.6) is 0 Å². The second-order valence-corrected chi connectivity index (χ2v) is 4.26. The first-order chi connectivity index (χ1) is 8.66. The SMILES string of the molecule is O=C(NOC1CCCC1)c1cccc([N+](=O)[O-])c1. The number of rotatable bonds is 4. The molecule has 0 atom stereocenters. The highest BCUT2D eigenvalue weighted by atomic mass is 16.7. The Kier molecular flexibility index (Phi) is 3.88. The molecule has 96 valence electrons. The first kappa shape index (κ1) is 12.5. The van der Waals surface area contributed by atoms with Crippen LogP contribution in [0.15, 0.2) is 24.3 Å². The van der Waals surface area contributed by atoms with Crippen LogP contribution in [0.2, 0.25) is 0 Å². The van der Waals surface area contributed by atoms with E-state index in [0.29, 0.717) is 0 Å². The third-order valence-electron chi connectivity index (χ3n) is 2.94. The van der Waals surface area contributed by atoms with Crippen molar-refractivity contribution >= 4 is 11.6 Å². The van der Waals surface area contributed by atoms with E-state index in [9.17, 15) is 14.9 Å². The summed E-state index contributed by atoms with van der Waals surface area (Å²) in [6, 6.07) is 5.56. The van der Waals surface area contributed by atoms with Gasteiger partial charge < -0.3 is 0 Å². The summed E-state index contributed by atoms with van der Waals surface area (Å²) in [7, 11) is 0. The molecule has 1 fully saturated rings. The molecule has 1 N–H and O–H groups in total.